The van der Waals surface area contributed by atoms with E-state index in [4.69, 9.17) is 9.66 Å². The summed E-state index contributed by atoms with van der Waals surface area (Å²) in [7, 11) is -3.71. The Labute approximate surface area is 149 Å². The second kappa shape index (κ2) is 8.27. The molecule has 2 aromatic rings. The van der Waals surface area contributed by atoms with Gasteiger partial charge in [0.25, 0.3) is 0 Å². The molecule has 0 fully saturated rings. The van der Waals surface area contributed by atoms with E-state index in [9.17, 15) is 8.42 Å². The Morgan fingerprint density at radius 3 is 2.44 bits per heavy atom. The van der Waals surface area contributed by atoms with Gasteiger partial charge in [-0.15, -0.1) is 0 Å². The number of rotatable bonds is 7. The molecule has 0 bridgehead atoms. The highest BCUT2D eigenvalue weighted by molar-refractivity contribution is 7.89. The summed E-state index contributed by atoms with van der Waals surface area (Å²) in [6.45, 7) is 6.07. The smallest absolute Gasteiger partial charge is 0.238 e. The first-order valence-electron chi connectivity index (χ1n) is 8.34. The van der Waals surface area contributed by atoms with Crippen LogP contribution in [-0.4, -0.2) is 13.6 Å². The first-order chi connectivity index (χ1) is 11.9. The van der Waals surface area contributed by atoms with E-state index in [2.05, 4.69) is 24.2 Å². The van der Waals surface area contributed by atoms with Crippen molar-refractivity contribution >= 4 is 15.6 Å². The van der Waals surface area contributed by atoms with Gasteiger partial charge in [-0.1, -0.05) is 49.4 Å². The number of nitrogens with zero attached hydrogens (tertiary/aromatic N) is 1. The molecule has 0 aliphatic heterocycles. The summed E-state index contributed by atoms with van der Waals surface area (Å²) < 4.78 is 28.6. The molecule has 5 nitrogen and oxygen atoms in total. The standard InChI is InChI=1S/C19H24N2O3S/c1-4-7-9-15(8-5-2)19-18(17(6-3)21-24-19)14-10-12-16(13-11-14)25(20,22)23/h4,7-8,10-13H,5-6,9H2,1-3H3,(H2,20,22,23)/b7-4-,15-8+. The zero-order valence-electron chi connectivity index (χ0n) is 14.8. The van der Waals surface area contributed by atoms with E-state index >= 15 is 0 Å². The second-order valence-electron chi connectivity index (χ2n) is 5.67. The van der Waals surface area contributed by atoms with Crippen LogP contribution < -0.4 is 5.14 Å². The van der Waals surface area contributed by atoms with E-state index in [1.165, 1.54) is 12.1 Å². The summed E-state index contributed by atoms with van der Waals surface area (Å²) >= 11 is 0. The largest absolute Gasteiger partial charge is 0.356 e. The van der Waals surface area contributed by atoms with Gasteiger partial charge < -0.3 is 4.52 Å². The fraction of sp³-hybridized carbons (Fsp3) is 0.316. The van der Waals surface area contributed by atoms with E-state index in [1.54, 1.807) is 12.1 Å². The van der Waals surface area contributed by atoms with Gasteiger partial charge in [-0.2, -0.15) is 0 Å². The van der Waals surface area contributed by atoms with E-state index in [0.717, 1.165) is 47.4 Å². The minimum absolute atomic E-state index is 0.0885. The molecule has 1 aromatic heterocycles. The van der Waals surface area contributed by atoms with Crippen LogP contribution in [0.25, 0.3) is 16.7 Å². The van der Waals surface area contributed by atoms with Gasteiger partial charge in [0.1, 0.15) is 0 Å². The summed E-state index contributed by atoms with van der Waals surface area (Å²) in [6.07, 6.45) is 8.56. The lowest BCUT2D eigenvalue weighted by molar-refractivity contribution is 0.403. The maximum absolute atomic E-state index is 11.5. The van der Waals surface area contributed by atoms with Gasteiger partial charge in [-0.05, 0) is 49.5 Å². The average molecular weight is 360 g/mol. The SMILES string of the molecule is C/C=C\C/C(=C\CC)c1onc(CC)c1-c1ccc(S(N)(=O)=O)cc1. The van der Waals surface area contributed by atoms with E-state index < -0.39 is 10.0 Å². The van der Waals surface area contributed by atoms with Crippen LogP contribution in [0, 0.1) is 0 Å². The normalized spacial score (nSPS) is 12.9. The first-order valence-corrected chi connectivity index (χ1v) is 9.89. The van der Waals surface area contributed by atoms with Gasteiger partial charge in [0.15, 0.2) is 5.76 Å². The van der Waals surface area contributed by atoms with Crippen molar-refractivity contribution in [1.29, 1.82) is 0 Å². The zero-order chi connectivity index (χ0) is 18.4. The molecule has 0 aliphatic carbocycles. The van der Waals surface area contributed by atoms with E-state index in [-0.39, 0.29) is 4.90 Å². The van der Waals surface area contributed by atoms with Crippen molar-refractivity contribution in [3.63, 3.8) is 0 Å². The summed E-state index contributed by atoms with van der Waals surface area (Å²) in [5, 5.41) is 9.39. The third-order valence-electron chi connectivity index (χ3n) is 3.88. The van der Waals surface area contributed by atoms with E-state index in [0.29, 0.717) is 0 Å². The molecule has 0 unspecified atom stereocenters. The molecule has 0 radical (unpaired) electrons. The molecule has 134 valence electrons. The molecule has 0 aliphatic rings. The van der Waals surface area contributed by atoms with Crippen molar-refractivity contribution in [3.05, 3.63) is 53.9 Å². The van der Waals surface area contributed by atoms with Crippen LogP contribution in [0.2, 0.25) is 0 Å². The van der Waals surface area contributed by atoms with Crippen LogP contribution in [0.15, 0.2) is 51.9 Å². The van der Waals surface area contributed by atoms with Crippen molar-refractivity contribution in [2.24, 2.45) is 5.14 Å². The molecule has 25 heavy (non-hydrogen) atoms. The van der Waals surface area contributed by atoms with Crippen molar-refractivity contribution in [2.75, 3.05) is 0 Å². The number of aromatic nitrogens is 1. The van der Waals surface area contributed by atoms with Gasteiger partial charge in [0.2, 0.25) is 10.0 Å². The molecular formula is C19H24N2O3S. The molecule has 1 aromatic carbocycles. The summed E-state index contributed by atoms with van der Waals surface area (Å²) in [6, 6.07) is 6.51. The van der Waals surface area contributed by atoms with Crippen LogP contribution >= 0.6 is 0 Å². The van der Waals surface area contributed by atoms with Gasteiger partial charge >= 0.3 is 0 Å². The van der Waals surface area contributed by atoms with E-state index in [1.807, 2.05) is 19.9 Å². The van der Waals surface area contributed by atoms with Gasteiger partial charge in [-0.25, -0.2) is 13.6 Å². The lowest BCUT2D eigenvalue weighted by Crippen LogP contribution is -2.11. The fourth-order valence-electron chi connectivity index (χ4n) is 2.65. The summed E-state index contributed by atoms with van der Waals surface area (Å²) in [5.74, 6) is 0.736. The Balaban J connectivity index is 2.56. The minimum Gasteiger partial charge on any atom is -0.356 e. The second-order valence-corrected chi connectivity index (χ2v) is 7.23. The molecule has 0 spiro atoms. The molecule has 0 atom stereocenters. The monoisotopic (exact) mass is 360 g/mol. The number of sulfonamides is 1. The van der Waals surface area contributed by atoms with Crippen LogP contribution in [-0.2, 0) is 16.4 Å². The Hall–Kier alpha value is -2.18. The minimum atomic E-state index is -3.71. The van der Waals surface area contributed by atoms with Gasteiger partial charge in [0.05, 0.1) is 16.2 Å². The number of hydrogen-bond donors (Lipinski definition) is 1. The number of aryl methyl sites for hydroxylation is 1. The number of primary sulfonamides is 1. The highest BCUT2D eigenvalue weighted by atomic mass is 32.2. The van der Waals surface area contributed by atoms with Crippen LogP contribution in [0.5, 0.6) is 0 Å². The average Bonchev–Trinajstić information content (AvgIpc) is 3.01. The maximum atomic E-state index is 11.5. The van der Waals surface area contributed by atoms with Crippen molar-refractivity contribution < 1.29 is 12.9 Å². The Morgan fingerprint density at radius 1 is 1.24 bits per heavy atom. The van der Waals surface area contributed by atoms with Crippen molar-refractivity contribution in [1.82, 2.24) is 5.16 Å². The fourth-order valence-corrected chi connectivity index (χ4v) is 3.17. The lowest BCUT2D eigenvalue weighted by atomic mass is 9.96. The topological polar surface area (TPSA) is 86.2 Å². The summed E-state index contributed by atoms with van der Waals surface area (Å²) in [4.78, 5) is 0.0885. The number of benzene rings is 1. The molecule has 0 amide bonds. The number of nitrogens with two attached hydrogens (primary N) is 1. The third-order valence-corrected chi connectivity index (χ3v) is 4.81. The van der Waals surface area contributed by atoms with Crippen LogP contribution in [0.4, 0.5) is 0 Å². The van der Waals surface area contributed by atoms with Crippen LogP contribution in [0.1, 0.15) is 45.1 Å². The highest BCUT2D eigenvalue weighted by Crippen LogP contribution is 2.35. The molecule has 0 saturated heterocycles. The van der Waals surface area contributed by atoms with Gasteiger partial charge in [-0.3, -0.25) is 0 Å². The maximum Gasteiger partial charge on any atom is 0.238 e. The number of allylic oxidation sites excluding steroid dienone is 4. The Morgan fingerprint density at radius 2 is 1.92 bits per heavy atom. The Kier molecular flexibility index (Phi) is 6.33. The van der Waals surface area contributed by atoms with Crippen LogP contribution in [0.3, 0.4) is 0 Å². The van der Waals surface area contributed by atoms with Crippen molar-refractivity contribution in [3.8, 4) is 11.1 Å². The molecule has 0 saturated carbocycles. The Bertz CT molecular complexity index is 876. The molecule has 2 rings (SSSR count). The first kappa shape index (κ1) is 19.1. The predicted octanol–water partition coefficient (Wildman–Crippen LogP) is 4.31. The molecule has 1 heterocycles. The molecular weight excluding hydrogens is 336 g/mol. The molecule has 2 N–H and O–H groups in total. The number of hydrogen-bond acceptors (Lipinski definition) is 4. The third kappa shape index (κ3) is 4.46. The quantitative estimate of drug-likeness (QED) is 0.745. The molecule has 6 heteroatoms. The zero-order valence-corrected chi connectivity index (χ0v) is 15.6. The predicted molar refractivity (Wildman–Crippen MR) is 100 cm³/mol. The summed E-state index contributed by atoms with van der Waals surface area (Å²) in [5.41, 5.74) is 3.69. The van der Waals surface area contributed by atoms with Crippen molar-refractivity contribution in [2.45, 2.75) is 44.9 Å². The van der Waals surface area contributed by atoms with Gasteiger partial charge in [0, 0.05) is 0 Å². The lowest BCUT2D eigenvalue weighted by Gasteiger charge is -2.07. The highest BCUT2D eigenvalue weighted by Gasteiger charge is 2.20.